The molecule has 4 nitrogen and oxygen atoms in total. The number of carbonyl (C=O) groups excluding carboxylic acids is 1. The van der Waals surface area contributed by atoms with E-state index in [1.165, 1.54) is 13.2 Å². The number of anilines is 1. The summed E-state index contributed by atoms with van der Waals surface area (Å²) >= 11 is 0. The van der Waals surface area contributed by atoms with Gasteiger partial charge in [-0.15, -0.1) is 0 Å². The first kappa shape index (κ1) is 14.6. The van der Waals surface area contributed by atoms with Gasteiger partial charge in [0.2, 0.25) is 0 Å². The number of hydrogen-bond acceptors (Lipinski definition) is 4. The Bertz CT molecular complexity index is 499. The molecule has 2 rings (SSSR count). The van der Waals surface area contributed by atoms with Gasteiger partial charge in [-0.1, -0.05) is 6.92 Å². The maximum atomic E-state index is 12.6. The van der Waals surface area contributed by atoms with Gasteiger partial charge in [0.25, 0.3) is 0 Å². The molecule has 0 amide bonds. The van der Waals surface area contributed by atoms with Crippen molar-refractivity contribution in [3.05, 3.63) is 24.0 Å². The number of esters is 1. The van der Waals surface area contributed by atoms with E-state index in [-0.39, 0.29) is 17.8 Å². The molecule has 20 heavy (non-hydrogen) atoms. The highest BCUT2D eigenvalue weighted by molar-refractivity contribution is 5.72. The Balaban J connectivity index is 2.01. The van der Waals surface area contributed by atoms with Crippen molar-refractivity contribution in [1.82, 2.24) is 4.98 Å². The van der Waals surface area contributed by atoms with E-state index in [9.17, 15) is 18.0 Å². The standard InChI is InChI=1S/C13H15F3N2O2/c1-8(12(19)20-2)9-6-18(7-9)10-3-4-17-11(5-10)13(14,15)16/h3-5,8-9H,6-7H2,1-2H3. The molecule has 110 valence electrons. The van der Waals surface area contributed by atoms with Gasteiger partial charge in [-0.05, 0) is 12.1 Å². The van der Waals surface area contributed by atoms with Crippen molar-refractivity contribution in [2.75, 3.05) is 25.1 Å². The first-order valence-corrected chi connectivity index (χ1v) is 6.19. The van der Waals surface area contributed by atoms with E-state index in [1.54, 1.807) is 11.8 Å². The Labute approximate surface area is 114 Å². The number of carbonyl (C=O) groups is 1. The number of halogens is 3. The largest absolute Gasteiger partial charge is 0.469 e. The lowest BCUT2D eigenvalue weighted by Gasteiger charge is -2.43. The van der Waals surface area contributed by atoms with Gasteiger partial charge in [0, 0.05) is 30.9 Å². The SMILES string of the molecule is COC(=O)C(C)C1CN(c2ccnc(C(F)(F)F)c2)C1. The van der Waals surface area contributed by atoms with Crippen LogP contribution in [0.5, 0.6) is 0 Å². The minimum atomic E-state index is -4.44. The van der Waals surface area contributed by atoms with Gasteiger partial charge in [0.05, 0.1) is 13.0 Å². The van der Waals surface area contributed by atoms with Crippen LogP contribution < -0.4 is 4.90 Å². The molecular formula is C13H15F3N2O2. The van der Waals surface area contributed by atoms with Crippen LogP contribution in [0.15, 0.2) is 18.3 Å². The number of pyridine rings is 1. The fourth-order valence-corrected chi connectivity index (χ4v) is 2.19. The molecule has 2 heterocycles. The summed E-state index contributed by atoms with van der Waals surface area (Å²) in [6, 6.07) is 2.56. The summed E-state index contributed by atoms with van der Waals surface area (Å²) in [6.45, 7) is 2.84. The van der Waals surface area contributed by atoms with E-state index in [0.29, 0.717) is 18.8 Å². The Morgan fingerprint density at radius 3 is 2.70 bits per heavy atom. The Morgan fingerprint density at radius 1 is 1.50 bits per heavy atom. The van der Waals surface area contributed by atoms with Gasteiger partial charge in [-0.3, -0.25) is 9.78 Å². The highest BCUT2D eigenvalue weighted by Gasteiger charge is 2.37. The molecule has 1 aromatic heterocycles. The molecule has 0 aromatic carbocycles. The smallest absolute Gasteiger partial charge is 0.433 e. The third-order valence-electron chi connectivity index (χ3n) is 3.59. The molecule has 0 spiro atoms. The van der Waals surface area contributed by atoms with Crippen molar-refractivity contribution in [2.24, 2.45) is 11.8 Å². The van der Waals surface area contributed by atoms with E-state index >= 15 is 0 Å². The molecule has 1 aliphatic rings. The molecule has 0 saturated carbocycles. The van der Waals surface area contributed by atoms with Gasteiger partial charge >= 0.3 is 12.1 Å². The predicted octanol–water partition coefficient (Wildman–Crippen LogP) is 2.35. The zero-order chi connectivity index (χ0) is 14.9. The van der Waals surface area contributed by atoms with E-state index in [4.69, 9.17) is 0 Å². The Morgan fingerprint density at radius 2 is 2.15 bits per heavy atom. The average molecular weight is 288 g/mol. The lowest BCUT2D eigenvalue weighted by Crippen LogP contribution is -2.51. The molecule has 1 aromatic rings. The van der Waals surface area contributed by atoms with Crippen LogP contribution in [0.25, 0.3) is 0 Å². The predicted molar refractivity (Wildman–Crippen MR) is 66.1 cm³/mol. The van der Waals surface area contributed by atoms with Gasteiger partial charge < -0.3 is 9.64 Å². The quantitative estimate of drug-likeness (QED) is 0.801. The molecule has 1 fully saturated rings. The maximum Gasteiger partial charge on any atom is 0.433 e. The monoisotopic (exact) mass is 288 g/mol. The molecule has 0 N–H and O–H groups in total. The van der Waals surface area contributed by atoms with Crippen molar-refractivity contribution < 1.29 is 22.7 Å². The molecule has 7 heteroatoms. The summed E-state index contributed by atoms with van der Waals surface area (Å²) in [4.78, 5) is 16.5. The van der Waals surface area contributed by atoms with E-state index in [0.717, 1.165) is 12.3 Å². The topological polar surface area (TPSA) is 42.4 Å². The molecule has 1 aliphatic heterocycles. The normalized spacial score (nSPS) is 17.6. The molecule has 1 saturated heterocycles. The number of hydrogen-bond donors (Lipinski definition) is 0. The summed E-state index contributed by atoms with van der Waals surface area (Å²) in [5, 5.41) is 0. The number of aromatic nitrogens is 1. The second-order valence-electron chi connectivity index (χ2n) is 4.87. The van der Waals surface area contributed by atoms with Gasteiger partial charge in [0.15, 0.2) is 0 Å². The summed E-state index contributed by atoms with van der Waals surface area (Å²) in [6.07, 6.45) is -3.30. The van der Waals surface area contributed by atoms with Crippen LogP contribution in [-0.2, 0) is 15.7 Å². The molecule has 0 bridgehead atoms. The zero-order valence-corrected chi connectivity index (χ0v) is 11.1. The average Bonchev–Trinajstić information content (AvgIpc) is 2.35. The fourth-order valence-electron chi connectivity index (χ4n) is 2.19. The van der Waals surface area contributed by atoms with Crippen LogP contribution in [0.4, 0.5) is 18.9 Å². The summed E-state index contributed by atoms with van der Waals surface area (Å²) in [5.41, 5.74) is -0.430. The third-order valence-corrected chi connectivity index (χ3v) is 3.59. The number of rotatable bonds is 3. The van der Waals surface area contributed by atoms with Crippen molar-refractivity contribution in [2.45, 2.75) is 13.1 Å². The van der Waals surface area contributed by atoms with E-state index in [2.05, 4.69) is 9.72 Å². The second-order valence-corrected chi connectivity index (χ2v) is 4.87. The van der Waals surface area contributed by atoms with Crippen LogP contribution in [0.2, 0.25) is 0 Å². The molecule has 1 atom stereocenters. The minimum Gasteiger partial charge on any atom is -0.469 e. The van der Waals surface area contributed by atoms with Gasteiger partial charge in [0.1, 0.15) is 5.69 Å². The second kappa shape index (κ2) is 5.30. The highest BCUT2D eigenvalue weighted by atomic mass is 19.4. The first-order chi connectivity index (χ1) is 9.32. The van der Waals surface area contributed by atoms with Gasteiger partial charge in [-0.2, -0.15) is 13.2 Å². The third kappa shape index (κ3) is 2.86. The van der Waals surface area contributed by atoms with Crippen LogP contribution in [0.3, 0.4) is 0 Å². The van der Waals surface area contributed by atoms with Crippen molar-refractivity contribution in [3.63, 3.8) is 0 Å². The van der Waals surface area contributed by atoms with E-state index < -0.39 is 11.9 Å². The zero-order valence-electron chi connectivity index (χ0n) is 11.1. The Kier molecular flexibility index (Phi) is 3.87. The van der Waals surface area contributed by atoms with Crippen LogP contribution in [0.1, 0.15) is 12.6 Å². The molecule has 1 unspecified atom stereocenters. The van der Waals surface area contributed by atoms with Crippen molar-refractivity contribution in [3.8, 4) is 0 Å². The number of alkyl halides is 3. The van der Waals surface area contributed by atoms with Crippen molar-refractivity contribution >= 4 is 11.7 Å². The van der Waals surface area contributed by atoms with E-state index in [1.807, 2.05) is 0 Å². The lowest BCUT2D eigenvalue weighted by molar-refractivity contribution is -0.147. The van der Waals surface area contributed by atoms with Crippen LogP contribution in [0, 0.1) is 11.8 Å². The Hall–Kier alpha value is -1.79. The maximum absolute atomic E-state index is 12.6. The molecular weight excluding hydrogens is 273 g/mol. The highest BCUT2D eigenvalue weighted by Crippen LogP contribution is 2.33. The summed E-state index contributed by atoms with van der Waals surface area (Å²) in [7, 11) is 1.33. The summed E-state index contributed by atoms with van der Waals surface area (Å²) < 4.78 is 42.4. The van der Waals surface area contributed by atoms with Crippen molar-refractivity contribution in [1.29, 1.82) is 0 Å². The number of ether oxygens (including phenoxy) is 1. The molecule has 0 aliphatic carbocycles. The molecule has 0 radical (unpaired) electrons. The van der Waals surface area contributed by atoms with Crippen LogP contribution in [-0.4, -0.2) is 31.2 Å². The number of methoxy groups -OCH3 is 1. The lowest BCUT2D eigenvalue weighted by atomic mass is 9.86. The van der Waals surface area contributed by atoms with Crippen LogP contribution >= 0.6 is 0 Å². The number of nitrogens with zero attached hydrogens (tertiary/aromatic N) is 2. The summed E-state index contributed by atoms with van der Waals surface area (Å²) in [5.74, 6) is -0.439. The first-order valence-electron chi connectivity index (χ1n) is 6.19. The fraction of sp³-hybridized carbons (Fsp3) is 0.538. The minimum absolute atomic E-state index is 0.102. The van der Waals surface area contributed by atoms with Gasteiger partial charge in [-0.25, -0.2) is 0 Å².